The first-order valence-electron chi connectivity index (χ1n) is 12.5. The van der Waals surface area contributed by atoms with E-state index in [1.54, 1.807) is 0 Å². The molecule has 3 rings (SSSR count). The van der Waals surface area contributed by atoms with E-state index < -0.39 is 0 Å². The van der Waals surface area contributed by atoms with Crippen molar-refractivity contribution in [1.29, 1.82) is 0 Å². The molecule has 6 heteroatoms. The van der Waals surface area contributed by atoms with Gasteiger partial charge in [0.05, 0.1) is 16.4 Å². The summed E-state index contributed by atoms with van der Waals surface area (Å²) in [4.78, 5) is 14.8. The molecule has 0 N–H and O–H groups in total. The van der Waals surface area contributed by atoms with Crippen molar-refractivity contribution in [2.75, 3.05) is 0 Å². The molecule has 0 fully saturated rings. The van der Waals surface area contributed by atoms with Crippen LogP contribution in [0.4, 0.5) is 11.4 Å². The maximum Gasteiger partial charge on any atom is 0.0844 e. The van der Waals surface area contributed by atoms with Gasteiger partial charge in [-0.05, 0) is 86.0 Å². The Morgan fingerprint density at radius 3 is 2.03 bits per heavy atom. The summed E-state index contributed by atoms with van der Waals surface area (Å²) in [5, 5.41) is 0.678. The van der Waals surface area contributed by atoms with Crippen LogP contribution in [0.25, 0.3) is 0 Å². The summed E-state index contributed by atoms with van der Waals surface area (Å²) < 4.78 is 0. The van der Waals surface area contributed by atoms with Crippen molar-refractivity contribution >= 4 is 45.1 Å². The van der Waals surface area contributed by atoms with Crippen LogP contribution in [0.2, 0.25) is 10.6 Å². The predicted molar refractivity (Wildman–Crippen MR) is 157 cm³/mol. The SMILES string of the molecule is Cc1cc(C)c(N=CCc2cccc(CC(=Nc3c(C)cc(C)cc3Cl)C([Si])C(C)(C)C)n2)c(C)c1.[Fe]. The molecule has 2 aromatic carbocycles. The van der Waals surface area contributed by atoms with Gasteiger partial charge in [-0.3, -0.25) is 15.0 Å². The summed E-state index contributed by atoms with van der Waals surface area (Å²) >= 11 is 6.61. The molecule has 0 aliphatic carbocycles. The van der Waals surface area contributed by atoms with Gasteiger partial charge in [0, 0.05) is 63.5 Å². The molecule has 0 aliphatic heterocycles. The van der Waals surface area contributed by atoms with Crippen LogP contribution in [0.3, 0.4) is 0 Å². The summed E-state index contributed by atoms with van der Waals surface area (Å²) in [6.07, 6.45) is 3.27. The fourth-order valence-electron chi connectivity index (χ4n) is 4.43. The number of halogens is 1. The number of aryl methyl sites for hydroxylation is 5. The average molecular weight is 571 g/mol. The maximum absolute atomic E-state index is 6.61. The van der Waals surface area contributed by atoms with Crippen molar-refractivity contribution in [3.63, 3.8) is 0 Å². The van der Waals surface area contributed by atoms with E-state index in [2.05, 4.69) is 102 Å². The molecule has 0 bridgehead atoms. The molecule has 3 nitrogen and oxygen atoms in total. The van der Waals surface area contributed by atoms with Crippen LogP contribution in [0.5, 0.6) is 0 Å². The molecule has 3 aromatic rings. The van der Waals surface area contributed by atoms with Crippen molar-refractivity contribution in [3.8, 4) is 0 Å². The van der Waals surface area contributed by atoms with E-state index in [9.17, 15) is 0 Å². The topological polar surface area (TPSA) is 37.6 Å². The van der Waals surface area contributed by atoms with E-state index in [1.807, 2.05) is 12.3 Å². The Hall–Kier alpha value is -2.04. The van der Waals surface area contributed by atoms with E-state index in [-0.39, 0.29) is 28.0 Å². The minimum atomic E-state index is -0.0190. The minimum absolute atomic E-state index is 0. The van der Waals surface area contributed by atoms with Gasteiger partial charge in [0.2, 0.25) is 0 Å². The van der Waals surface area contributed by atoms with Crippen LogP contribution in [0, 0.1) is 40.0 Å². The summed E-state index contributed by atoms with van der Waals surface area (Å²) in [7, 11) is 3.99. The zero-order valence-corrected chi connectivity index (χ0v) is 26.0. The smallest absolute Gasteiger partial charge is 0.0844 e. The molecule has 1 atom stereocenters. The number of aromatic nitrogens is 1. The molecule has 37 heavy (non-hydrogen) atoms. The van der Waals surface area contributed by atoms with Gasteiger partial charge >= 0.3 is 0 Å². The fraction of sp³-hybridized carbons (Fsp3) is 0.387. The predicted octanol–water partition coefficient (Wildman–Crippen LogP) is 8.54. The Labute approximate surface area is 242 Å². The Bertz CT molecular complexity index is 1260. The second-order valence-electron chi connectivity index (χ2n) is 10.9. The Balaban J connectivity index is 0.00000481. The van der Waals surface area contributed by atoms with Gasteiger partial charge in [-0.2, -0.15) is 0 Å². The molecular formula is C31H37ClFeN3Si. The summed E-state index contributed by atoms with van der Waals surface area (Å²) in [5.74, 6) is 0. The summed E-state index contributed by atoms with van der Waals surface area (Å²) in [5.41, 5.74) is 10.8. The fourth-order valence-corrected chi connectivity index (χ4v) is 4.96. The number of nitrogens with zero attached hydrogens (tertiary/aromatic N) is 3. The van der Waals surface area contributed by atoms with Crippen molar-refractivity contribution in [2.45, 2.75) is 73.8 Å². The van der Waals surface area contributed by atoms with Crippen LogP contribution in [-0.4, -0.2) is 27.2 Å². The number of hydrogen-bond acceptors (Lipinski definition) is 3. The minimum Gasteiger partial charge on any atom is -0.260 e. The first kappa shape index (κ1) is 31.2. The molecule has 0 spiro atoms. The normalized spacial score (nSPS) is 13.1. The molecule has 0 amide bonds. The van der Waals surface area contributed by atoms with Gasteiger partial charge in [-0.1, -0.05) is 62.2 Å². The third-order valence-electron chi connectivity index (χ3n) is 6.24. The van der Waals surface area contributed by atoms with Gasteiger partial charge in [0.25, 0.3) is 0 Å². The molecule has 195 valence electrons. The Kier molecular flexibility index (Phi) is 11.1. The zero-order chi connectivity index (χ0) is 26.6. The van der Waals surface area contributed by atoms with Crippen molar-refractivity contribution < 1.29 is 17.1 Å². The third kappa shape index (κ3) is 8.48. The van der Waals surface area contributed by atoms with Gasteiger partial charge in [-0.25, -0.2) is 0 Å². The van der Waals surface area contributed by atoms with Crippen LogP contribution < -0.4 is 0 Å². The molecule has 0 saturated carbocycles. The molecule has 1 unspecified atom stereocenters. The van der Waals surface area contributed by atoms with E-state index in [4.69, 9.17) is 26.6 Å². The Morgan fingerprint density at radius 1 is 0.919 bits per heavy atom. The Morgan fingerprint density at radius 2 is 1.46 bits per heavy atom. The molecular weight excluding hydrogens is 534 g/mol. The van der Waals surface area contributed by atoms with E-state index in [0.29, 0.717) is 17.9 Å². The first-order chi connectivity index (χ1) is 16.8. The van der Waals surface area contributed by atoms with E-state index in [0.717, 1.165) is 39.6 Å². The van der Waals surface area contributed by atoms with E-state index in [1.165, 1.54) is 16.7 Å². The third-order valence-corrected chi connectivity index (χ3v) is 7.72. The van der Waals surface area contributed by atoms with Crippen LogP contribution in [-0.2, 0) is 29.9 Å². The first-order valence-corrected chi connectivity index (χ1v) is 13.4. The van der Waals surface area contributed by atoms with Crippen LogP contribution >= 0.6 is 11.6 Å². The van der Waals surface area contributed by atoms with Gasteiger partial charge < -0.3 is 0 Å². The number of rotatable bonds is 7. The van der Waals surface area contributed by atoms with Crippen LogP contribution in [0.15, 0.2) is 52.4 Å². The molecule has 1 aromatic heterocycles. The van der Waals surface area contributed by atoms with Crippen molar-refractivity contribution in [3.05, 3.63) is 86.7 Å². The van der Waals surface area contributed by atoms with Gasteiger partial charge in [-0.15, -0.1) is 0 Å². The maximum atomic E-state index is 6.61. The van der Waals surface area contributed by atoms with Crippen LogP contribution in [0.1, 0.15) is 60.0 Å². The molecule has 1 heterocycles. The largest absolute Gasteiger partial charge is 0.260 e. The van der Waals surface area contributed by atoms with Crippen molar-refractivity contribution in [1.82, 2.24) is 4.98 Å². The standard InChI is InChI=1S/C31H37ClN3Si.Fe/c1-19-14-21(3)28(22(4)15-19)33-13-12-24-10-9-11-25(34-24)18-27(30(36)31(6,7)8)35-29-23(5)16-20(2)17-26(29)32;/h9-11,13-17,30H,12,18H2,1-8H3;. The second kappa shape index (κ2) is 13.2. The van der Waals surface area contributed by atoms with Gasteiger partial charge in [0.1, 0.15) is 0 Å². The van der Waals surface area contributed by atoms with Crippen molar-refractivity contribution in [2.24, 2.45) is 15.4 Å². The second-order valence-corrected chi connectivity index (χ2v) is 11.9. The quantitative estimate of drug-likeness (QED) is 0.207. The van der Waals surface area contributed by atoms with Gasteiger partial charge in [0.15, 0.2) is 0 Å². The number of hydrogen-bond donors (Lipinski definition) is 0. The number of aliphatic imine (C=N–C) groups is 2. The summed E-state index contributed by atoms with van der Waals surface area (Å²) in [6.45, 7) is 17.1. The number of pyridine rings is 1. The molecule has 0 saturated heterocycles. The average Bonchev–Trinajstić information content (AvgIpc) is 2.76. The van der Waals surface area contributed by atoms with E-state index >= 15 is 0 Å². The summed E-state index contributed by atoms with van der Waals surface area (Å²) in [6, 6.07) is 14.6. The molecule has 0 aliphatic rings. The monoisotopic (exact) mass is 570 g/mol. The number of benzene rings is 2. The molecule has 3 radical (unpaired) electrons. The zero-order valence-electron chi connectivity index (χ0n) is 23.2.